The van der Waals surface area contributed by atoms with Crippen LogP contribution in [-0.4, -0.2) is 55.0 Å². The van der Waals surface area contributed by atoms with Gasteiger partial charge in [-0.3, -0.25) is 9.69 Å². The number of halogens is 1. The third-order valence-electron chi connectivity index (χ3n) is 3.98. The normalized spacial score (nSPS) is 18.4. The molecule has 4 nitrogen and oxygen atoms in total. The quantitative estimate of drug-likeness (QED) is 0.779. The largest absolute Gasteiger partial charge is 0.334 e. The van der Waals surface area contributed by atoms with Gasteiger partial charge >= 0.3 is 0 Å². The van der Waals surface area contributed by atoms with Crippen LogP contribution in [-0.2, 0) is 4.79 Å². The minimum absolute atomic E-state index is 0.0960. The zero-order valence-electron chi connectivity index (χ0n) is 13.4. The van der Waals surface area contributed by atoms with Gasteiger partial charge in [-0.25, -0.2) is 0 Å². The van der Waals surface area contributed by atoms with Crippen LogP contribution in [0.2, 0.25) is 5.02 Å². The molecule has 5 heteroatoms. The van der Waals surface area contributed by atoms with Gasteiger partial charge in [-0.1, -0.05) is 35.9 Å². The molecule has 1 aliphatic rings. The lowest BCUT2D eigenvalue weighted by Gasteiger charge is -2.37. The molecule has 1 saturated heterocycles. The predicted octanol–water partition coefficient (Wildman–Crippen LogP) is 2.49. The van der Waals surface area contributed by atoms with Crippen LogP contribution in [0.3, 0.4) is 0 Å². The van der Waals surface area contributed by atoms with E-state index in [0.717, 1.165) is 30.2 Å². The van der Waals surface area contributed by atoms with E-state index < -0.39 is 0 Å². The van der Waals surface area contributed by atoms with Gasteiger partial charge in [0.15, 0.2) is 0 Å². The molecule has 124 valence electrons. The number of rotatable bonds is 7. The van der Waals surface area contributed by atoms with Crippen molar-refractivity contribution in [1.82, 2.24) is 15.1 Å². The summed E-state index contributed by atoms with van der Waals surface area (Å²) in [6, 6.07) is 8.01. The second-order valence-corrected chi connectivity index (χ2v) is 6.06. The second-order valence-electron chi connectivity index (χ2n) is 5.62. The van der Waals surface area contributed by atoms with Crippen molar-refractivity contribution in [2.45, 2.75) is 6.04 Å². The van der Waals surface area contributed by atoms with E-state index in [1.54, 1.807) is 17.1 Å². The van der Waals surface area contributed by atoms with Gasteiger partial charge in [-0.15, -0.1) is 13.2 Å². The van der Waals surface area contributed by atoms with Gasteiger partial charge in [0, 0.05) is 43.8 Å². The van der Waals surface area contributed by atoms with Crippen LogP contribution in [0.1, 0.15) is 11.6 Å². The van der Waals surface area contributed by atoms with E-state index in [9.17, 15) is 4.79 Å². The molecule has 1 amide bonds. The third kappa shape index (κ3) is 4.93. The lowest BCUT2D eigenvalue weighted by atomic mass is 10.0. The van der Waals surface area contributed by atoms with E-state index in [1.165, 1.54) is 0 Å². The summed E-state index contributed by atoms with van der Waals surface area (Å²) in [5.41, 5.74) is 1.14. The highest BCUT2D eigenvalue weighted by Crippen LogP contribution is 2.24. The molecular weight excluding hydrogens is 310 g/mol. The molecule has 2 rings (SSSR count). The maximum Gasteiger partial charge on any atom is 0.237 e. The summed E-state index contributed by atoms with van der Waals surface area (Å²) >= 11 is 6.11. The Morgan fingerprint density at radius 1 is 1.39 bits per heavy atom. The molecule has 1 heterocycles. The molecule has 0 bridgehead atoms. The van der Waals surface area contributed by atoms with Crippen LogP contribution in [0.5, 0.6) is 0 Å². The van der Waals surface area contributed by atoms with Crippen LogP contribution >= 0.6 is 11.6 Å². The lowest BCUT2D eigenvalue weighted by Crippen LogP contribution is -2.50. The molecule has 1 atom stereocenters. The first-order valence-corrected chi connectivity index (χ1v) is 8.23. The summed E-state index contributed by atoms with van der Waals surface area (Å²) < 4.78 is 0. The van der Waals surface area contributed by atoms with Crippen molar-refractivity contribution in [3.8, 4) is 0 Å². The van der Waals surface area contributed by atoms with Crippen molar-refractivity contribution < 1.29 is 4.79 Å². The number of carbonyl (C=O) groups excluding carboxylic acids is 1. The van der Waals surface area contributed by atoms with E-state index in [-0.39, 0.29) is 11.9 Å². The monoisotopic (exact) mass is 333 g/mol. The van der Waals surface area contributed by atoms with Crippen LogP contribution in [0.25, 0.3) is 0 Å². The average molecular weight is 334 g/mol. The Labute approximate surface area is 143 Å². The summed E-state index contributed by atoms with van der Waals surface area (Å²) in [6.07, 6.45) is 3.49. The summed E-state index contributed by atoms with van der Waals surface area (Å²) in [6.45, 7) is 11.4. The zero-order chi connectivity index (χ0) is 16.7. The number of amides is 1. The first-order valence-electron chi connectivity index (χ1n) is 7.85. The van der Waals surface area contributed by atoms with Gasteiger partial charge in [0.2, 0.25) is 5.91 Å². The van der Waals surface area contributed by atoms with Crippen LogP contribution in [0.4, 0.5) is 0 Å². The van der Waals surface area contributed by atoms with Gasteiger partial charge in [0.25, 0.3) is 0 Å². The molecule has 1 aliphatic heterocycles. The fourth-order valence-electron chi connectivity index (χ4n) is 2.84. The molecule has 1 fully saturated rings. The minimum atomic E-state index is 0.0960. The highest BCUT2D eigenvalue weighted by molar-refractivity contribution is 6.30. The summed E-state index contributed by atoms with van der Waals surface area (Å²) in [5.74, 6) is 0.0960. The number of hydrogen-bond acceptors (Lipinski definition) is 3. The van der Waals surface area contributed by atoms with Gasteiger partial charge < -0.3 is 10.2 Å². The fraction of sp³-hybridized carbons (Fsp3) is 0.389. The Kier molecular flexibility index (Phi) is 6.84. The number of piperazine rings is 1. The van der Waals surface area contributed by atoms with E-state index in [0.29, 0.717) is 19.6 Å². The number of nitrogens with zero attached hydrogens (tertiary/aromatic N) is 2. The average Bonchev–Trinajstić information content (AvgIpc) is 2.55. The van der Waals surface area contributed by atoms with Crippen molar-refractivity contribution in [3.63, 3.8) is 0 Å². The summed E-state index contributed by atoms with van der Waals surface area (Å²) in [5, 5.41) is 4.12. The van der Waals surface area contributed by atoms with Crippen molar-refractivity contribution in [2.24, 2.45) is 0 Å². The van der Waals surface area contributed by atoms with Gasteiger partial charge in [-0.05, 0) is 17.7 Å². The predicted molar refractivity (Wildman–Crippen MR) is 95.6 cm³/mol. The van der Waals surface area contributed by atoms with Crippen molar-refractivity contribution in [3.05, 3.63) is 60.2 Å². The summed E-state index contributed by atoms with van der Waals surface area (Å²) in [4.78, 5) is 16.6. The maximum absolute atomic E-state index is 12.6. The fourth-order valence-corrected chi connectivity index (χ4v) is 3.04. The molecule has 1 N–H and O–H groups in total. The number of nitrogens with one attached hydrogen (secondary N) is 1. The molecule has 1 aromatic carbocycles. The highest BCUT2D eigenvalue weighted by atomic mass is 35.5. The number of benzene rings is 1. The molecule has 0 radical (unpaired) electrons. The van der Waals surface area contributed by atoms with E-state index in [2.05, 4.69) is 29.4 Å². The number of hydrogen-bond donors (Lipinski definition) is 1. The Hall–Kier alpha value is -1.62. The molecule has 0 aliphatic carbocycles. The zero-order valence-corrected chi connectivity index (χ0v) is 14.1. The Bertz CT molecular complexity index is 551. The van der Waals surface area contributed by atoms with E-state index in [4.69, 9.17) is 11.6 Å². The molecule has 0 aromatic heterocycles. The van der Waals surface area contributed by atoms with E-state index >= 15 is 0 Å². The molecule has 1 aromatic rings. The third-order valence-corrected chi connectivity index (χ3v) is 4.21. The molecular formula is C18H24ClN3O. The van der Waals surface area contributed by atoms with Gasteiger partial charge in [0.1, 0.15) is 0 Å². The SMILES string of the molecule is C=CCN(CC=C)C(=O)CN1CCNCC1c1cccc(Cl)c1. The Balaban J connectivity index is 2.10. The van der Waals surface area contributed by atoms with Crippen molar-refractivity contribution in [1.29, 1.82) is 0 Å². The first-order chi connectivity index (χ1) is 11.2. The van der Waals surface area contributed by atoms with Crippen molar-refractivity contribution in [2.75, 3.05) is 39.3 Å². The Morgan fingerprint density at radius 3 is 2.78 bits per heavy atom. The standard InChI is InChI=1S/C18H24ClN3O/c1-3-9-21(10-4-2)18(23)14-22-11-8-20-13-17(22)15-6-5-7-16(19)12-15/h3-7,12,17,20H,1-2,8-11,13-14H2. The molecule has 0 saturated carbocycles. The lowest BCUT2D eigenvalue weighted by molar-refractivity contribution is -0.132. The minimum Gasteiger partial charge on any atom is -0.334 e. The maximum atomic E-state index is 12.6. The Morgan fingerprint density at radius 2 is 2.13 bits per heavy atom. The molecule has 23 heavy (non-hydrogen) atoms. The van der Waals surface area contributed by atoms with Crippen LogP contribution in [0.15, 0.2) is 49.6 Å². The van der Waals surface area contributed by atoms with Crippen LogP contribution < -0.4 is 5.32 Å². The second kappa shape index (κ2) is 8.87. The highest BCUT2D eigenvalue weighted by Gasteiger charge is 2.26. The van der Waals surface area contributed by atoms with Crippen molar-refractivity contribution >= 4 is 17.5 Å². The summed E-state index contributed by atoms with van der Waals surface area (Å²) in [7, 11) is 0. The van der Waals surface area contributed by atoms with E-state index in [1.807, 2.05) is 18.2 Å². The first kappa shape index (κ1) is 17.7. The topological polar surface area (TPSA) is 35.6 Å². The van der Waals surface area contributed by atoms with Gasteiger partial charge in [-0.2, -0.15) is 0 Å². The van der Waals surface area contributed by atoms with Gasteiger partial charge in [0.05, 0.1) is 6.54 Å². The number of carbonyl (C=O) groups is 1. The smallest absolute Gasteiger partial charge is 0.237 e. The molecule has 1 unspecified atom stereocenters. The molecule has 0 spiro atoms. The van der Waals surface area contributed by atoms with Crippen LogP contribution in [0, 0.1) is 0 Å².